The van der Waals surface area contributed by atoms with Crippen LogP contribution >= 0.6 is 0 Å². The minimum atomic E-state index is -0.0104. The summed E-state index contributed by atoms with van der Waals surface area (Å²) in [5.41, 5.74) is 18.8. The van der Waals surface area contributed by atoms with Gasteiger partial charge < -0.3 is 0 Å². The largest absolute Gasteiger partial charge is 0.0654 e. The summed E-state index contributed by atoms with van der Waals surface area (Å²) < 4.78 is 0. The van der Waals surface area contributed by atoms with Crippen molar-refractivity contribution < 1.29 is 0 Å². The van der Waals surface area contributed by atoms with Crippen molar-refractivity contribution in [2.45, 2.75) is 213 Å². The molecule has 0 bridgehead atoms. The Hall–Kier alpha value is -3.64. The van der Waals surface area contributed by atoms with Crippen molar-refractivity contribution in [2.24, 2.45) is 0 Å². The minimum absolute atomic E-state index is 0.0104. The highest BCUT2D eigenvalue weighted by Gasteiger charge is 2.49. The number of benzene rings is 5. The lowest BCUT2D eigenvalue weighted by atomic mass is 9.66. The Labute approximate surface area is 373 Å². The van der Waals surface area contributed by atoms with Crippen LogP contribution in [0.25, 0.3) is 33.0 Å². The van der Waals surface area contributed by atoms with Crippen molar-refractivity contribution in [3.05, 3.63) is 129 Å². The highest BCUT2D eigenvalue weighted by molar-refractivity contribution is 6.04. The van der Waals surface area contributed by atoms with Crippen LogP contribution in [0.1, 0.15) is 227 Å². The molecule has 0 saturated carbocycles. The number of unbranched alkanes of at least 4 members (excludes halogenated alkanes) is 12. The van der Waals surface area contributed by atoms with Crippen LogP contribution in [0.5, 0.6) is 0 Å². The Balaban J connectivity index is 1.51. The lowest BCUT2D eigenvalue weighted by Crippen LogP contribution is -2.29. The summed E-state index contributed by atoms with van der Waals surface area (Å²) in [4.78, 5) is 0. The molecule has 2 aliphatic rings. The molecule has 0 saturated heterocycles. The van der Waals surface area contributed by atoms with E-state index in [4.69, 9.17) is 0 Å². The fourth-order valence-corrected chi connectivity index (χ4v) is 12.8. The van der Waals surface area contributed by atoms with Gasteiger partial charge in [-0.25, -0.2) is 0 Å². The fraction of sp³-hybridized carbons (Fsp3) is 0.541. The van der Waals surface area contributed by atoms with Crippen LogP contribution in [0.4, 0.5) is 0 Å². The molecule has 0 heteroatoms. The predicted octanol–water partition coefficient (Wildman–Crippen LogP) is 19.0. The highest BCUT2D eigenvalue weighted by atomic mass is 14.5. The second kappa shape index (κ2) is 20.2. The van der Waals surface area contributed by atoms with Gasteiger partial charge in [0.15, 0.2) is 0 Å². The van der Waals surface area contributed by atoms with Gasteiger partial charge in [0.2, 0.25) is 0 Å². The third-order valence-electron chi connectivity index (χ3n) is 16.2. The van der Waals surface area contributed by atoms with Crippen molar-refractivity contribution in [1.29, 1.82) is 0 Å². The zero-order valence-electron chi connectivity index (χ0n) is 40.1. The lowest BCUT2D eigenvalue weighted by molar-refractivity contribution is 0.396. The fourth-order valence-electron chi connectivity index (χ4n) is 12.8. The van der Waals surface area contributed by atoms with E-state index in [-0.39, 0.29) is 16.2 Å². The van der Waals surface area contributed by atoms with Crippen molar-refractivity contribution in [2.75, 3.05) is 0 Å². The van der Waals surface area contributed by atoms with Gasteiger partial charge in [-0.05, 0) is 136 Å². The van der Waals surface area contributed by atoms with Crippen LogP contribution in [0.2, 0.25) is 0 Å². The number of hydrogen-bond donors (Lipinski definition) is 0. The standard InChI is InChI=1S/C61H82/c1-9-15-19-25-37-60(38-26-20-16-10-2)54-36-32-47-29-23-24-30-49(47)58(54)52-44-56-51(43-57(52)60)50-34-33-48(59(13-5,14-6)53-35-31-45(7)41-46(53)8)42-55(50)61(56,39-27-21-17-11-3)40-28-22-18-12-4/h23-24,29-36,41-44H,9-22,25-28,37-40H2,1-8H3. The first kappa shape index (κ1) is 45.4. The molecule has 0 spiro atoms. The third-order valence-corrected chi connectivity index (χ3v) is 16.2. The Morgan fingerprint density at radius 1 is 0.426 bits per heavy atom. The Morgan fingerprint density at radius 2 is 0.951 bits per heavy atom. The molecule has 0 unspecified atom stereocenters. The zero-order chi connectivity index (χ0) is 43.0. The van der Waals surface area contributed by atoms with Crippen molar-refractivity contribution >= 4 is 10.8 Å². The molecule has 0 atom stereocenters. The average Bonchev–Trinajstić information content (AvgIpc) is 3.70. The Morgan fingerprint density at radius 3 is 1.51 bits per heavy atom. The lowest BCUT2D eigenvalue weighted by Gasteiger charge is -2.37. The number of aryl methyl sites for hydroxylation is 2. The molecule has 326 valence electrons. The van der Waals surface area contributed by atoms with Gasteiger partial charge in [0.05, 0.1) is 0 Å². The van der Waals surface area contributed by atoms with Crippen LogP contribution in [0.15, 0.2) is 84.9 Å². The van der Waals surface area contributed by atoms with Gasteiger partial charge in [0, 0.05) is 16.2 Å². The van der Waals surface area contributed by atoms with Crippen LogP contribution in [-0.2, 0) is 16.2 Å². The summed E-state index contributed by atoms with van der Waals surface area (Å²) in [5, 5.41) is 2.85. The number of rotatable bonds is 24. The maximum absolute atomic E-state index is 2.84. The second-order valence-corrected chi connectivity index (χ2v) is 19.9. The van der Waals surface area contributed by atoms with Gasteiger partial charge in [-0.1, -0.05) is 223 Å². The van der Waals surface area contributed by atoms with E-state index in [0.29, 0.717) is 0 Å². The van der Waals surface area contributed by atoms with Crippen molar-refractivity contribution in [3.63, 3.8) is 0 Å². The van der Waals surface area contributed by atoms with E-state index in [2.05, 4.69) is 140 Å². The van der Waals surface area contributed by atoms with E-state index < -0.39 is 0 Å². The normalized spacial score (nSPS) is 14.6. The zero-order valence-corrected chi connectivity index (χ0v) is 40.1. The maximum atomic E-state index is 2.84. The monoisotopic (exact) mass is 815 g/mol. The molecule has 0 aromatic heterocycles. The van der Waals surface area contributed by atoms with Crippen LogP contribution in [-0.4, -0.2) is 0 Å². The molecule has 7 rings (SSSR count). The van der Waals surface area contributed by atoms with Crippen molar-refractivity contribution in [3.8, 4) is 22.3 Å². The van der Waals surface area contributed by atoms with Gasteiger partial charge >= 0.3 is 0 Å². The van der Waals surface area contributed by atoms with Gasteiger partial charge in [-0.15, -0.1) is 0 Å². The van der Waals surface area contributed by atoms with E-state index in [0.717, 1.165) is 12.8 Å². The molecule has 0 N–H and O–H groups in total. The Kier molecular flexibility index (Phi) is 15.1. The smallest absolute Gasteiger partial charge is 0.0215 e. The van der Waals surface area contributed by atoms with E-state index in [1.165, 1.54) is 161 Å². The van der Waals surface area contributed by atoms with E-state index >= 15 is 0 Å². The summed E-state index contributed by atoms with van der Waals surface area (Å²) in [5.74, 6) is 0. The van der Waals surface area contributed by atoms with Gasteiger partial charge in [-0.2, -0.15) is 0 Å². The Bertz CT molecular complexity index is 2200. The predicted molar refractivity (Wildman–Crippen MR) is 269 cm³/mol. The minimum Gasteiger partial charge on any atom is -0.0654 e. The molecule has 0 fully saturated rings. The quantitative estimate of drug-likeness (QED) is 0.0544. The first-order valence-electron chi connectivity index (χ1n) is 25.7. The van der Waals surface area contributed by atoms with Crippen LogP contribution in [0.3, 0.4) is 0 Å². The molecule has 0 nitrogen and oxygen atoms in total. The van der Waals surface area contributed by atoms with Crippen molar-refractivity contribution in [1.82, 2.24) is 0 Å². The van der Waals surface area contributed by atoms with E-state index in [1.807, 2.05) is 0 Å². The first-order valence-corrected chi connectivity index (χ1v) is 25.7. The molecule has 61 heavy (non-hydrogen) atoms. The molecular weight excluding hydrogens is 733 g/mol. The third kappa shape index (κ3) is 8.45. The van der Waals surface area contributed by atoms with E-state index in [1.54, 1.807) is 44.5 Å². The molecule has 5 aromatic rings. The van der Waals surface area contributed by atoms with Gasteiger partial charge in [-0.3, -0.25) is 0 Å². The second-order valence-electron chi connectivity index (χ2n) is 19.9. The number of fused-ring (bicyclic) bond motifs is 8. The molecule has 2 aliphatic carbocycles. The molecule has 5 aromatic carbocycles. The molecule has 0 radical (unpaired) electrons. The maximum Gasteiger partial charge on any atom is 0.0215 e. The number of hydrogen-bond acceptors (Lipinski definition) is 0. The van der Waals surface area contributed by atoms with Gasteiger partial charge in [0.25, 0.3) is 0 Å². The molecule has 0 aliphatic heterocycles. The van der Waals surface area contributed by atoms with E-state index in [9.17, 15) is 0 Å². The molecular formula is C61H82. The summed E-state index contributed by atoms with van der Waals surface area (Å²) in [6.45, 7) is 19.0. The summed E-state index contributed by atoms with van der Waals surface area (Å²) in [7, 11) is 0. The summed E-state index contributed by atoms with van der Waals surface area (Å²) in [6, 6.07) is 35.3. The van der Waals surface area contributed by atoms with Crippen LogP contribution < -0.4 is 0 Å². The molecule has 0 heterocycles. The first-order chi connectivity index (χ1) is 29.8. The summed E-state index contributed by atoms with van der Waals surface area (Å²) in [6.07, 6.45) is 28.2. The SMILES string of the molecule is CCCCCCC1(CCCCCC)c2cc(C(CC)(CC)c3ccc(C)cc3C)ccc2-c2cc3c(cc21)-c1c(ccc2ccccc12)C3(CCCCCC)CCCCCC. The molecule has 0 amide bonds. The topological polar surface area (TPSA) is 0 Å². The van der Waals surface area contributed by atoms with Crippen LogP contribution in [0, 0.1) is 13.8 Å². The van der Waals surface area contributed by atoms with Gasteiger partial charge in [0.1, 0.15) is 0 Å². The average molecular weight is 815 g/mol. The summed E-state index contributed by atoms with van der Waals surface area (Å²) >= 11 is 0. The highest BCUT2D eigenvalue weighted by Crippen LogP contribution is 2.62.